The van der Waals surface area contributed by atoms with Crippen molar-refractivity contribution in [3.05, 3.63) is 70.7 Å². The maximum atomic E-state index is 14.1. The van der Waals surface area contributed by atoms with E-state index < -0.39 is 0 Å². The molecule has 160 valence electrons. The number of furan rings is 1. The van der Waals surface area contributed by atoms with Crippen LogP contribution in [0.5, 0.6) is 0 Å². The van der Waals surface area contributed by atoms with E-state index in [0.717, 1.165) is 22.7 Å². The third-order valence-corrected chi connectivity index (χ3v) is 6.43. The van der Waals surface area contributed by atoms with E-state index in [9.17, 15) is 9.18 Å². The van der Waals surface area contributed by atoms with Crippen LogP contribution in [-0.2, 0) is 7.05 Å². The topological polar surface area (TPSA) is 65.8 Å². The Morgan fingerprint density at radius 3 is 2.58 bits per heavy atom. The van der Waals surface area contributed by atoms with Crippen molar-refractivity contribution in [2.75, 3.05) is 5.75 Å². The van der Waals surface area contributed by atoms with Crippen LogP contribution in [0.4, 0.5) is 4.39 Å². The maximum Gasteiger partial charge on any atom is 0.191 e. The van der Waals surface area contributed by atoms with Crippen molar-refractivity contribution in [2.24, 2.45) is 7.05 Å². The van der Waals surface area contributed by atoms with Gasteiger partial charge in [0.25, 0.3) is 0 Å². The Morgan fingerprint density at radius 1 is 1.13 bits per heavy atom. The lowest BCUT2D eigenvalue weighted by Gasteiger charge is -2.11. The number of aryl methyl sites for hydroxylation is 3. The summed E-state index contributed by atoms with van der Waals surface area (Å²) >= 11 is 1.34. The number of halogens is 1. The van der Waals surface area contributed by atoms with Crippen LogP contribution in [-0.4, -0.2) is 30.9 Å². The molecular weight excluding hydrogens is 415 g/mol. The first kappa shape index (κ1) is 21.1. The molecule has 6 nitrogen and oxygen atoms in total. The van der Waals surface area contributed by atoms with E-state index in [4.69, 9.17) is 4.42 Å². The molecule has 0 saturated carbocycles. The Bertz CT molecular complexity index is 1280. The molecule has 4 rings (SSSR count). The first-order valence-corrected chi connectivity index (χ1v) is 10.8. The number of Topliss-reactive ketones (excluding diaryl/α,β-unsaturated/α-hetero) is 1. The van der Waals surface area contributed by atoms with Crippen LogP contribution in [0, 0.1) is 33.5 Å². The second-order valence-electron chi connectivity index (χ2n) is 7.52. The van der Waals surface area contributed by atoms with Crippen molar-refractivity contribution in [3.8, 4) is 17.1 Å². The van der Waals surface area contributed by atoms with Crippen molar-refractivity contribution in [1.82, 2.24) is 19.3 Å². The summed E-state index contributed by atoms with van der Waals surface area (Å²) in [4.78, 5) is 13.0. The molecule has 0 aliphatic carbocycles. The lowest BCUT2D eigenvalue weighted by atomic mass is 10.2. The molecule has 0 N–H and O–H groups in total. The molecule has 31 heavy (non-hydrogen) atoms. The second kappa shape index (κ2) is 8.19. The smallest absolute Gasteiger partial charge is 0.191 e. The molecule has 0 bridgehead atoms. The van der Waals surface area contributed by atoms with Crippen LogP contribution < -0.4 is 0 Å². The number of carbonyl (C=O) groups is 1. The number of rotatable bonds is 6. The molecule has 0 saturated heterocycles. The SMILES string of the molecule is Cc1ccc(-n2c(C)cc(C(=O)CSc3nnc(-c4ccoc4C)n3C)c2C)cc1F. The van der Waals surface area contributed by atoms with Gasteiger partial charge in [-0.25, -0.2) is 4.39 Å². The fourth-order valence-electron chi connectivity index (χ4n) is 3.66. The highest BCUT2D eigenvalue weighted by Crippen LogP contribution is 2.28. The van der Waals surface area contributed by atoms with Crippen molar-refractivity contribution in [3.63, 3.8) is 0 Å². The van der Waals surface area contributed by atoms with Gasteiger partial charge in [0, 0.05) is 29.7 Å². The largest absolute Gasteiger partial charge is 0.469 e. The van der Waals surface area contributed by atoms with Crippen molar-refractivity contribution >= 4 is 17.5 Å². The van der Waals surface area contributed by atoms with Crippen LogP contribution >= 0.6 is 11.8 Å². The van der Waals surface area contributed by atoms with Gasteiger partial charge >= 0.3 is 0 Å². The molecule has 0 atom stereocenters. The lowest BCUT2D eigenvalue weighted by Crippen LogP contribution is -2.07. The van der Waals surface area contributed by atoms with E-state index in [2.05, 4.69) is 10.2 Å². The minimum Gasteiger partial charge on any atom is -0.469 e. The maximum absolute atomic E-state index is 14.1. The molecule has 4 aromatic rings. The van der Waals surface area contributed by atoms with E-state index >= 15 is 0 Å². The molecule has 8 heteroatoms. The third-order valence-electron chi connectivity index (χ3n) is 5.41. The highest BCUT2D eigenvalue weighted by Gasteiger charge is 2.20. The van der Waals surface area contributed by atoms with Gasteiger partial charge in [-0.05, 0) is 57.5 Å². The Balaban J connectivity index is 1.54. The molecule has 0 fully saturated rings. The number of ketones is 1. The Hall–Kier alpha value is -3.13. The summed E-state index contributed by atoms with van der Waals surface area (Å²) in [6.07, 6.45) is 1.62. The zero-order valence-corrected chi connectivity index (χ0v) is 18.9. The van der Waals surface area contributed by atoms with Gasteiger partial charge in [0.15, 0.2) is 16.8 Å². The van der Waals surface area contributed by atoms with E-state index in [1.54, 1.807) is 19.3 Å². The molecule has 0 spiro atoms. The van der Waals surface area contributed by atoms with Gasteiger partial charge in [0.1, 0.15) is 11.6 Å². The summed E-state index contributed by atoms with van der Waals surface area (Å²) in [7, 11) is 1.87. The predicted octanol–water partition coefficient (Wildman–Crippen LogP) is 5.21. The van der Waals surface area contributed by atoms with Crippen molar-refractivity contribution in [1.29, 1.82) is 0 Å². The standard InChI is InChI=1S/C23H23FN4O2S/c1-13-6-7-17(11-20(13)24)28-14(2)10-19(15(28)3)21(29)12-31-23-26-25-22(27(23)5)18-8-9-30-16(18)4/h6-11H,12H2,1-5H3. The zero-order chi connectivity index (χ0) is 22.3. The molecule has 0 amide bonds. The summed E-state index contributed by atoms with van der Waals surface area (Å²) in [6, 6.07) is 8.81. The number of nitrogens with zero attached hydrogens (tertiary/aromatic N) is 4. The first-order chi connectivity index (χ1) is 14.8. The monoisotopic (exact) mass is 438 g/mol. The Kier molecular flexibility index (Phi) is 5.58. The van der Waals surface area contributed by atoms with Gasteiger partial charge < -0.3 is 13.6 Å². The molecule has 1 aromatic carbocycles. The summed E-state index contributed by atoms with van der Waals surface area (Å²) in [6.45, 7) is 7.39. The Morgan fingerprint density at radius 2 is 1.90 bits per heavy atom. The fourth-order valence-corrected chi connectivity index (χ4v) is 4.46. The van der Waals surface area contributed by atoms with Crippen LogP contribution in [0.3, 0.4) is 0 Å². The minimum atomic E-state index is -0.264. The highest BCUT2D eigenvalue weighted by molar-refractivity contribution is 7.99. The van der Waals surface area contributed by atoms with Crippen LogP contribution in [0.2, 0.25) is 0 Å². The van der Waals surface area contributed by atoms with Crippen molar-refractivity contribution in [2.45, 2.75) is 32.9 Å². The normalized spacial score (nSPS) is 11.3. The molecule has 0 unspecified atom stereocenters. The minimum absolute atomic E-state index is 0.0130. The van der Waals surface area contributed by atoms with Crippen molar-refractivity contribution < 1.29 is 13.6 Å². The first-order valence-electron chi connectivity index (χ1n) is 9.83. The zero-order valence-electron chi connectivity index (χ0n) is 18.1. The number of aromatic nitrogens is 4. The molecular formula is C23H23FN4O2S. The number of thioether (sulfide) groups is 1. The van der Waals surface area contributed by atoms with E-state index in [1.165, 1.54) is 17.8 Å². The quantitative estimate of drug-likeness (QED) is 0.305. The molecule has 3 aromatic heterocycles. The second-order valence-corrected chi connectivity index (χ2v) is 8.46. The fraction of sp³-hybridized carbons (Fsp3) is 0.261. The summed E-state index contributed by atoms with van der Waals surface area (Å²) < 4.78 is 23.2. The number of hydrogen-bond donors (Lipinski definition) is 0. The number of carbonyl (C=O) groups excluding carboxylic acids is 1. The van der Waals surface area contributed by atoms with Crippen LogP contribution in [0.25, 0.3) is 17.1 Å². The lowest BCUT2D eigenvalue weighted by molar-refractivity contribution is 0.102. The van der Waals surface area contributed by atoms with E-state index in [0.29, 0.717) is 27.8 Å². The summed E-state index contributed by atoms with van der Waals surface area (Å²) in [5.41, 5.74) is 4.47. The average Bonchev–Trinajstić information content (AvgIpc) is 3.39. The van der Waals surface area contributed by atoms with E-state index in [-0.39, 0.29) is 17.4 Å². The molecule has 0 aliphatic heterocycles. The van der Waals surface area contributed by atoms with Gasteiger partial charge in [-0.1, -0.05) is 17.8 Å². The Labute approximate surface area is 184 Å². The van der Waals surface area contributed by atoms with Gasteiger partial charge in [-0.15, -0.1) is 10.2 Å². The number of benzene rings is 1. The average molecular weight is 439 g/mol. The van der Waals surface area contributed by atoms with Crippen LogP contribution in [0.15, 0.2) is 46.2 Å². The predicted molar refractivity (Wildman–Crippen MR) is 118 cm³/mol. The highest BCUT2D eigenvalue weighted by atomic mass is 32.2. The molecule has 3 heterocycles. The van der Waals surface area contributed by atoms with Crippen LogP contribution in [0.1, 0.15) is 33.1 Å². The van der Waals surface area contributed by atoms with Gasteiger partial charge in [-0.3, -0.25) is 4.79 Å². The summed E-state index contributed by atoms with van der Waals surface area (Å²) in [5, 5.41) is 9.12. The van der Waals surface area contributed by atoms with Gasteiger partial charge in [0.05, 0.1) is 17.6 Å². The van der Waals surface area contributed by atoms with E-state index in [1.807, 2.05) is 55.2 Å². The number of hydrogen-bond acceptors (Lipinski definition) is 5. The third kappa shape index (κ3) is 3.83. The van der Waals surface area contributed by atoms with Gasteiger partial charge in [-0.2, -0.15) is 0 Å². The molecule has 0 aliphatic rings. The van der Waals surface area contributed by atoms with Gasteiger partial charge in [0.2, 0.25) is 0 Å². The summed E-state index contributed by atoms with van der Waals surface area (Å²) in [5.74, 6) is 1.41. The molecule has 0 radical (unpaired) electrons.